The lowest BCUT2D eigenvalue weighted by Crippen LogP contribution is -2.27. The van der Waals surface area contributed by atoms with Gasteiger partial charge in [0.15, 0.2) is 11.4 Å². The van der Waals surface area contributed by atoms with Crippen LogP contribution in [0.3, 0.4) is 0 Å². The number of halogens is 4. The van der Waals surface area contributed by atoms with Gasteiger partial charge in [-0.2, -0.15) is 18.3 Å². The smallest absolute Gasteiger partial charge is 0.434 e. The number of furan rings is 1. The largest absolute Gasteiger partial charge is 0.467 e. The summed E-state index contributed by atoms with van der Waals surface area (Å²) in [6.45, 7) is 1.96. The molecule has 0 aliphatic rings. The summed E-state index contributed by atoms with van der Waals surface area (Å²) < 4.78 is 44.2. The molecule has 0 radical (unpaired) electrons. The molecule has 0 bridgehead atoms. The first kappa shape index (κ1) is 16.6. The Morgan fingerprint density at radius 1 is 1.50 bits per heavy atom. The average Bonchev–Trinajstić information content (AvgIpc) is 2.92. The molecule has 0 fully saturated rings. The van der Waals surface area contributed by atoms with Gasteiger partial charge < -0.3 is 9.32 Å². The second-order valence-corrected chi connectivity index (χ2v) is 5.61. The SMILES string of the molecule is Cc1ccoc1CN(C)C(=O)c1nn(C)c(C(F)(F)F)c1Br. The number of aryl methyl sites for hydroxylation is 2. The zero-order valence-electron chi connectivity index (χ0n) is 12.0. The van der Waals surface area contributed by atoms with Crippen LogP contribution >= 0.6 is 15.9 Å². The fourth-order valence-electron chi connectivity index (χ4n) is 1.98. The molecule has 0 N–H and O–H groups in total. The van der Waals surface area contributed by atoms with Gasteiger partial charge in [-0.05, 0) is 34.5 Å². The van der Waals surface area contributed by atoms with E-state index in [1.165, 1.54) is 18.2 Å². The minimum atomic E-state index is -4.60. The summed E-state index contributed by atoms with van der Waals surface area (Å²) in [5.41, 5.74) is -0.435. The lowest BCUT2D eigenvalue weighted by Gasteiger charge is -2.15. The summed E-state index contributed by atoms with van der Waals surface area (Å²) in [6.07, 6.45) is -3.11. The summed E-state index contributed by atoms with van der Waals surface area (Å²) in [7, 11) is 2.61. The molecule has 2 aromatic rings. The Bertz CT molecular complexity index is 706. The van der Waals surface area contributed by atoms with Crippen molar-refractivity contribution >= 4 is 21.8 Å². The van der Waals surface area contributed by atoms with Crippen LogP contribution in [0.25, 0.3) is 0 Å². The van der Waals surface area contributed by atoms with E-state index in [0.29, 0.717) is 10.4 Å². The number of hydrogen-bond donors (Lipinski definition) is 0. The number of rotatable bonds is 3. The van der Waals surface area contributed by atoms with Crippen LogP contribution in [0.1, 0.15) is 27.5 Å². The van der Waals surface area contributed by atoms with Gasteiger partial charge in [0.2, 0.25) is 0 Å². The van der Waals surface area contributed by atoms with E-state index in [-0.39, 0.29) is 16.7 Å². The third-order valence-electron chi connectivity index (χ3n) is 3.16. The molecule has 0 atom stereocenters. The molecule has 22 heavy (non-hydrogen) atoms. The number of nitrogens with zero attached hydrogens (tertiary/aromatic N) is 3. The Hall–Kier alpha value is -1.77. The van der Waals surface area contributed by atoms with E-state index in [2.05, 4.69) is 21.0 Å². The van der Waals surface area contributed by atoms with E-state index in [0.717, 1.165) is 12.6 Å². The lowest BCUT2D eigenvalue weighted by atomic mass is 10.2. The van der Waals surface area contributed by atoms with Crippen molar-refractivity contribution in [3.63, 3.8) is 0 Å². The van der Waals surface area contributed by atoms with Crippen molar-refractivity contribution in [2.24, 2.45) is 7.05 Å². The van der Waals surface area contributed by atoms with Gasteiger partial charge in [0.1, 0.15) is 5.76 Å². The average molecular weight is 380 g/mol. The van der Waals surface area contributed by atoms with Gasteiger partial charge in [0, 0.05) is 14.1 Å². The predicted octanol–water partition coefficient (Wildman–Crippen LogP) is 3.38. The van der Waals surface area contributed by atoms with Gasteiger partial charge in [0.25, 0.3) is 5.91 Å². The summed E-state index contributed by atoms with van der Waals surface area (Å²) >= 11 is 2.82. The molecule has 5 nitrogen and oxygen atoms in total. The highest BCUT2D eigenvalue weighted by Crippen LogP contribution is 2.36. The predicted molar refractivity (Wildman–Crippen MR) is 75.2 cm³/mol. The van der Waals surface area contributed by atoms with Crippen molar-refractivity contribution in [2.75, 3.05) is 7.05 Å². The van der Waals surface area contributed by atoms with E-state index in [4.69, 9.17) is 4.42 Å². The quantitative estimate of drug-likeness (QED) is 0.821. The fourth-order valence-corrected chi connectivity index (χ4v) is 2.71. The zero-order chi connectivity index (χ0) is 16.7. The van der Waals surface area contributed by atoms with E-state index >= 15 is 0 Å². The summed E-state index contributed by atoms with van der Waals surface area (Å²) in [6, 6.07) is 1.74. The Morgan fingerprint density at radius 2 is 2.14 bits per heavy atom. The normalized spacial score (nSPS) is 11.8. The maximum absolute atomic E-state index is 12.9. The molecule has 2 heterocycles. The van der Waals surface area contributed by atoms with Crippen molar-refractivity contribution in [3.05, 3.63) is 39.5 Å². The highest BCUT2D eigenvalue weighted by atomic mass is 79.9. The highest BCUT2D eigenvalue weighted by molar-refractivity contribution is 9.10. The Labute approximate surface area is 132 Å². The maximum Gasteiger partial charge on any atom is 0.434 e. The Balaban J connectivity index is 2.28. The molecule has 2 rings (SSSR count). The molecule has 9 heteroatoms. The first-order valence-corrected chi connectivity index (χ1v) is 7.00. The summed E-state index contributed by atoms with van der Waals surface area (Å²) in [5.74, 6) is -0.0623. The topological polar surface area (TPSA) is 51.3 Å². The third-order valence-corrected chi connectivity index (χ3v) is 3.91. The first-order valence-electron chi connectivity index (χ1n) is 6.21. The van der Waals surface area contributed by atoms with Crippen molar-refractivity contribution in [1.29, 1.82) is 0 Å². The lowest BCUT2D eigenvalue weighted by molar-refractivity contribution is -0.144. The molecule has 1 amide bonds. The molecule has 0 aromatic carbocycles. The number of carbonyl (C=O) groups is 1. The highest BCUT2D eigenvalue weighted by Gasteiger charge is 2.40. The van der Waals surface area contributed by atoms with Crippen molar-refractivity contribution in [3.8, 4) is 0 Å². The Morgan fingerprint density at radius 3 is 2.59 bits per heavy atom. The van der Waals surface area contributed by atoms with Crippen LogP contribution in [0.15, 0.2) is 21.2 Å². The van der Waals surface area contributed by atoms with Gasteiger partial charge in [-0.1, -0.05) is 0 Å². The van der Waals surface area contributed by atoms with Crippen LogP contribution in [0.5, 0.6) is 0 Å². The first-order chi connectivity index (χ1) is 10.1. The van der Waals surface area contributed by atoms with Crippen LogP contribution in [0, 0.1) is 6.92 Å². The number of carbonyl (C=O) groups excluding carboxylic acids is 1. The van der Waals surface area contributed by atoms with Gasteiger partial charge in [-0.25, -0.2) is 0 Å². The molecule has 2 aromatic heterocycles. The van der Waals surface area contributed by atoms with Gasteiger partial charge in [-0.15, -0.1) is 0 Å². The molecule has 0 aliphatic heterocycles. The van der Waals surface area contributed by atoms with Crippen LogP contribution < -0.4 is 0 Å². The molecular weight excluding hydrogens is 367 g/mol. The summed E-state index contributed by atoms with van der Waals surface area (Å²) in [4.78, 5) is 13.6. The molecule has 0 unspecified atom stereocenters. The molecular formula is C13H13BrF3N3O2. The van der Waals surface area contributed by atoms with E-state index in [1.807, 2.05) is 6.92 Å². The maximum atomic E-state index is 12.9. The monoisotopic (exact) mass is 379 g/mol. The second kappa shape index (κ2) is 5.79. The molecule has 0 spiro atoms. The van der Waals surface area contributed by atoms with Crippen LogP contribution in [0.4, 0.5) is 13.2 Å². The van der Waals surface area contributed by atoms with Crippen molar-refractivity contribution in [1.82, 2.24) is 14.7 Å². The third kappa shape index (κ3) is 3.03. The number of aromatic nitrogens is 2. The van der Waals surface area contributed by atoms with Crippen LogP contribution in [0.2, 0.25) is 0 Å². The fraction of sp³-hybridized carbons (Fsp3) is 0.385. The second-order valence-electron chi connectivity index (χ2n) is 4.82. The van der Waals surface area contributed by atoms with E-state index in [9.17, 15) is 18.0 Å². The van der Waals surface area contributed by atoms with Crippen LogP contribution in [-0.2, 0) is 19.8 Å². The molecule has 0 aliphatic carbocycles. The van der Waals surface area contributed by atoms with Gasteiger partial charge >= 0.3 is 6.18 Å². The molecule has 0 saturated heterocycles. The van der Waals surface area contributed by atoms with Crippen molar-refractivity contribution in [2.45, 2.75) is 19.6 Å². The number of hydrogen-bond acceptors (Lipinski definition) is 3. The van der Waals surface area contributed by atoms with E-state index < -0.39 is 17.8 Å². The number of amides is 1. The zero-order valence-corrected chi connectivity index (χ0v) is 13.6. The molecule has 120 valence electrons. The summed E-state index contributed by atoms with van der Waals surface area (Å²) in [5, 5.41) is 3.68. The van der Waals surface area contributed by atoms with Crippen LogP contribution in [-0.4, -0.2) is 27.6 Å². The standard InChI is InChI=1S/C13H13BrF3N3O2/c1-7-4-5-22-8(7)6-19(2)12(21)10-9(14)11(13(15,16)17)20(3)18-10/h4-5H,6H2,1-3H3. The Kier molecular flexibility index (Phi) is 4.37. The number of alkyl halides is 3. The van der Waals surface area contributed by atoms with Crippen molar-refractivity contribution < 1.29 is 22.4 Å². The minimum absolute atomic E-state index is 0.141. The molecule has 0 saturated carbocycles. The van der Waals surface area contributed by atoms with Gasteiger partial charge in [0.05, 0.1) is 17.3 Å². The van der Waals surface area contributed by atoms with Gasteiger partial charge in [-0.3, -0.25) is 9.48 Å². The minimum Gasteiger partial charge on any atom is -0.467 e. The van der Waals surface area contributed by atoms with E-state index in [1.54, 1.807) is 6.07 Å².